The fraction of sp³-hybridized carbons (Fsp3) is 0.0476. The van der Waals surface area contributed by atoms with Crippen LogP contribution in [0.4, 0.5) is 0 Å². The lowest BCUT2D eigenvalue weighted by atomic mass is 9.79. The third kappa shape index (κ3) is 3.96. The number of aryl methyl sites for hydroxylation is 2. The van der Waals surface area contributed by atoms with Gasteiger partial charge in [-0.2, -0.15) is 0 Å². The third-order valence-electron chi connectivity index (χ3n) is 15.6. The predicted octanol–water partition coefficient (Wildman–Crippen LogP) is 17.6. The molecule has 0 heteroatoms. The van der Waals surface area contributed by atoms with Crippen molar-refractivity contribution in [2.24, 2.45) is 0 Å². The normalized spacial score (nSPS) is 13.5. The zero-order valence-corrected chi connectivity index (χ0v) is 34.4. The minimum atomic E-state index is 1.14. The summed E-state index contributed by atoms with van der Waals surface area (Å²) in [6, 6.07) is 70.3. The van der Waals surface area contributed by atoms with Gasteiger partial charge < -0.3 is 0 Å². The molecule has 0 bridgehead atoms. The molecule has 0 saturated carbocycles. The monoisotopic (exact) mass is 792 g/mol. The summed E-state index contributed by atoms with van der Waals surface area (Å²) in [6.45, 7) is 0. The molecule has 2 aliphatic carbocycles. The summed E-state index contributed by atoms with van der Waals surface area (Å²) < 4.78 is 0. The predicted molar refractivity (Wildman–Crippen MR) is 271 cm³/mol. The smallest absolute Gasteiger partial charge is 0.000718 e. The Morgan fingerprint density at radius 3 is 1.00 bits per heavy atom. The van der Waals surface area contributed by atoms with Gasteiger partial charge in [-0.15, -0.1) is 0 Å². The Kier molecular flexibility index (Phi) is 6.04. The van der Waals surface area contributed by atoms with Gasteiger partial charge in [0.15, 0.2) is 0 Å². The molecule has 16 rings (SSSR count). The average molecular weight is 793 g/mol. The number of rotatable bonds is 2. The van der Waals surface area contributed by atoms with Gasteiger partial charge >= 0.3 is 0 Å². The number of fused-ring (bicyclic) bond motifs is 8. The maximum absolute atomic E-state index is 2.49. The second kappa shape index (κ2) is 11.6. The Morgan fingerprint density at radius 2 is 0.556 bits per heavy atom. The molecule has 288 valence electrons. The van der Waals surface area contributed by atoms with Gasteiger partial charge in [0.05, 0.1) is 0 Å². The highest BCUT2D eigenvalue weighted by Gasteiger charge is 2.34. The van der Waals surface area contributed by atoms with Crippen LogP contribution in [0.2, 0.25) is 0 Å². The summed E-state index contributed by atoms with van der Waals surface area (Å²) in [5.41, 5.74) is 13.8. The molecule has 0 N–H and O–H groups in total. The van der Waals surface area contributed by atoms with E-state index in [1.165, 1.54) is 170 Å². The summed E-state index contributed by atoms with van der Waals surface area (Å²) in [7, 11) is 0. The summed E-state index contributed by atoms with van der Waals surface area (Å²) in [4.78, 5) is 0. The maximum atomic E-state index is 2.49. The lowest BCUT2D eigenvalue weighted by molar-refractivity contribution is 0.808. The van der Waals surface area contributed by atoms with Crippen LogP contribution in [0, 0.1) is 0 Å². The summed E-state index contributed by atoms with van der Waals surface area (Å²) in [5, 5.41) is 26.9. The van der Waals surface area contributed by atoms with Gasteiger partial charge in [0.2, 0.25) is 0 Å². The van der Waals surface area contributed by atoms with E-state index in [2.05, 4.69) is 182 Å². The second-order valence-corrected chi connectivity index (χ2v) is 18.4. The summed E-state index contributed by atoms with van der Waals surface area (Å²) in [5.74, 6) is 0. The Balaban J connectivity index is 1.10. The van der Waals surface area contributed by atoms with Crippen molar-refractivity contribution < 1.29 is 0 Å². The molecule has 0 fully saturated rings. The average Bonchev–Trinajstić information content (AvgIpc) is 3.68. The van der Waals surface area contributed by atoms with Crippen LogP contribution >= 0.6 is 0 Å². The molecule has 0 heterocycles. The molecule has 0 aliphatic heterocycles. The van der Waals surface area contributed by atoms with Crippen LogP contribution in [0.15, 0.2) is 182 Å². The van der Waals surface area contributed by atoms with Gasteiger partial charge in [0, 0.05) is 0 Å². The molecule has 0 saturated heterocycles. The first-order valence-corrected chi connectivity index (χ1v) is 22.6. The van der Waals surface area contributed by atoms with Crippen molar-refractivity contribution in [1.82, 2.24) is 0 Å². The summed E-state index contributed by atoms with van der Waals surface area (Å²) >= 11 is 0. The molecule has 0 amide bonds. The zero-order valence-electron chi connectivity index (χ0n) is 34.4. The third-order valence-corrected chi connectivity index (χ3v) is 15.6. The first-order chi connectivity index (χ1) is 31.3. The van der Waals surface area contributed by atoms with Gasteiger partial charge in [-0.3, -0.25) is 0 Å². The van der Waals surface area contributed by atoms with Crippen LogP contribution in [0.5, 0.6) is 0 Å². The van der Waals surface area contributed by atoms with Crippen molar-refractivity contribution in [2.45, 2.75) is 19.3 Å². The van der Waals surface area contributed by atoms with E-state index in [0.29, 0.717) is 0 Å². The second-order valence-electron chi connectivity index (χ2n) is 18.4. The Morgan fingerprint density at radius 1 is 0.206 bits per heavy atom. The highest BCUT2D eigenvalue weighted by Crippen LogP contribution is 2.60. The van der Waals surface area contributed by atoms with Crippen LogP contribution in [-0.4, -0.2) is 0 Å². The van der Waals surface area contributed by atoms with Crippen LogP contribution in [-0.2, 0) is 12.8 Å². The minimum Gasteiger partial charge on any atom is -0.0616 e. The molecular formula is C63H36. The fourth-order valence-electron chi connectivity index (χ4n) is 13.2. The van der Waals surface area contributed by atoms with Crippen LogP contribution in [0.25, 0.3) is 152 Å². The number of hydrogen-bond acceptors (Lipinski definition) is 0. The molecule has 14 aromatic rings. The van der Waals surface area contributed by atoms with E-state index in [4.69, 9.17) is 0 Å². The van der Waals surface area contributed by atoms with Gasteiger partial charge in [-0.25, -0.2) is 0 Å². The number of hydrogen-bond donors (Lipinski definition) is 0. The lowest BCUT2D eigenvalue weighted by Gasteiger charge is -2.23. The molecular weight excluding hydrogens is 757 g/mol. The van der Waals surface area contributed by atoms with Crippen LogP contribution < -0.4 is 0 Å². The first-order valence-electron chi connectivity index (χ1n) is 22.6. The van der Waals surface area contributed by atoms with Crippen LogP contribution in [0.3, 0.4) is 0 Å². The SMILES string of the molecule is c1ccc2c(-c3ccc4c5cccc6cccc(c7cccc3c74)c65)c3c(c(-c4ccc5c6cccc7cccc(c8cccc4c85)c76)c2c1)-c1ccc2c4c(ccc-3c14)CCC2. The first kappa shape index (κ1) is 32.9. The molecule has 0 unspecified atom stereocenters. The van der Waals surface area contributed by atoms with Crippen molar-refractivity contribution in [3.8, 4) is 44.5 Å². The van der Waals surface area contributed by atoms with E-state index in [9.17, 15) is 0 Å². The molecule has 0 spiro atoms. The fourth-order valence-corrected chi connectivity index (χ4v) is 13.2. The van der Waals surface area contributed by atoms with E-state index < -0.39 is 0 Å². The van der Waals surface area contributed by atoms with E-state index >= 15 is 0 Å². The minimum absolute atomic E-state index is 1.14. The Bertz CT molecular complexity index is 4010. The van der Waals surface area contributed by atoms with Gasteiger partial charge in [-0.05, 0) is 183 Å². The van der Waals surface area contributed by atoms with Crippen molar-refractivity contribution in [2.75, 3.05) is 0 Å². The van der Waals surface area contributed by atoms with E-state index in [1.54, 1.807) is 0 Å². The molecule has 2 aliphatic rings. The lowest BCUT2D eigenvalue weighted by Crippen LogP contribution is -2.01. The molecule has 0 radical (unpaired) electrons. The maximum Gasteiger partial charge on any atom is -0.000718 e. The van der Waals surface area contributed by atoms with Crippen molar-refractivity contribution in [1.29, 1.82) is 0 Å². The topological polar surface area (TPSA) is 0 Å². The molecule has 14 aromatic carbocycles. The van der Waals surface area contributed by atoms with E-state index in [-0.39, 0.29) is 0 Å². The van der Waals surface area contributed by atoms with Crippen molar-refractivity contribution >= 4 is 108 Å². The standard InChI is InChI=1S/C63H36/c1-2-17-47-46(16-1)59(50-32-30-48-40-20-6-14-34-12-4-18-38(55(34)40)42-22-8-24-44(50)57(42)48)62-52-28-26-36-10-3-11-37-27-29-53(61(52)54(36)37)63(62)60(47)51-33-31-49-41-21-7-15-35-13-5-19-39(56(35)41)43-23-9-25-45(51)58(43)49/h1-2,4-9,12-33H,3,10-11H2. The zero-order chi connectivity index (χ0) is 40.7. The van der Waals surface area contributed by atoms with Crippen molar-refractivity contribution in [3.63, 3.8) is 0 Å². The van der Waals surface area contributed by atoms with Crippen LogP contribution in [0.1, 0.15) is 17.5 Å². The molecule has 0 atom stereocenters. The quantitative estimate of drug-likeness (QED) is 0.121. The van der Waals surface area contributed by atoms with Gasteiger partial charge in [0.25, 0.3) is 0 Å². The van der Waals surface area contributed by atoms with Gasteiger partial charge in [0.1, 0.15) is 0 Å². The van der Waals surface area contributed by atoms with E-state index in [1.807, 2.05) is 0 Å². The Labute approximate surface area is 362 Å². The highest BCUT2D eigenvalue weighted by molar-refractivity contribution is 6.38. The molecule has 63 heavy (non-hydrogen) atoms. The summed E-state index contributed by atoms with van der Waals surface area (Å²) in [6.07, 6.45) is 3.48. The van der Waals surface area contributed by atoms with Crippen molar-refractivity contribution in [3.05, 3.63) is 193 Å². The largest absolute Gasteiger partial charge is 0.0616 e. The van der Waals surface area contributed by atoms with Gasteiger partial charge in [-0.1, -0.05) is 182 Å². The van der Waals surface area contributed by atoms with E-state index in [0.717, 1.165) is 12.8 Å². The molecule has 0 nitrogen and oxygen atoms in total. The number of benzene rings is 14. The Hall–Kier alpha value is -7.80. The molecule has 0 aromatic heterocycles. The highest BCUT2D eigenvalue weighted by atomic mass is 14.4.